The third-order valence-corrected chi connectivity index (χ3v) is 6.99. The minimum atomic E-state index is -4.86. The van der Waals surface area contributed by atoms with E-state index in [0.717, 1.165) is 12.1 Å². The molecule has 1 N–H and O–H groups in total. The molecule has 2 aliphatic heterocycles. The van der Waals surface area contributed by atoms with Gasteiger partial charge in [0.2, 0.25) is 0 Å². The number of carbonyl (C=O) groups is 2. The van der Waals surface area contributed by atoms with Crippen molar-refractivity contribution in [1.82, 2.24) is 15.2 Å². The third-order valence-electron chi connectivity index (χ3n) is 5.77. The number of ether oxygens (including phenoxy) is 3. The van der Waals surface area contributed by atoms with E-state index < -0.39 is 23.4 Å². The van der Waals surface area contributed by atoms with Gasteiger partial charge in [-0.1, -0.05) is 18.2 Å². The summed E-state index contributed by atoms with van der Waals surface area (Å²) in [7, 11) is 0. The number of para-hydroxylation sites is 1. The van der Waals surface area contributed by atoms with Crippen LogP contribution in [0, 0.1) is 6.92 Å². The molecule has 0 saturated carbocycles. The number of nitrogens with one attached hydrogen (secondary N) is 1. The van der Waals surface area contributed by atoms with Crippen molar-refractivity contribution in [3.05, 3.63) is 59.6 Å². The second-order valence-electron chi connectivity index (χ2n) is 8.35. The molecule has 0 radical (unpaired) electrons. The van der Waals surface area contributed by atoms with E-state index in [1.54, 1.807) is 30.0 Å². The van der Waals surface area contributed by atoms with Crippen LogP contribution in [0.2, 0.25) is 0 Å². The van der Waals surface area contributed by atoms with Crippen LogP contribution in [0.25, 0.3) is 11.3 Å². The summed E-state index contributed by atoms with van der Waals surface area (Å²) in [5.41, 5.74) is 0.509. The Balaban J connectivity index is 1.32. The van der Waals surface area contributed by atoms with Crippen LogP contribution in [0.4, 0.5) is 13.2 Å². The minimum Gasteiger partial charge on any atom is -0.486 e. The number of aromatic nitrogens is 1. The molecule has 9 nitrogen and oxygen atoms in total. The summed E-state index contributed by atoms with van der Waals surface area (Å²) in [5.74, 6) is 0.440. The average molecular weight is 550 g/mol. The van der Waals surface area contributed by atoms with Crippen molar-refractivity contribution in [1.29, 1.82) is 0 Å². The zero-order valence-electron chi connectivity index (χ0n) is 20.0. The molecule has 2 aromatic carbocycles. The maximum Gasteiger partial charge on any atom is 0.573 e. The molecule has 1 saturated heterocycles. The molecule has 1 atom stereocenters. The molecule has 3 aromatic rings. The fourth-order valence-corrected chi connectivity index (χ4v) is 5.34. The number of thioether (sulfide) groups is 1. The second-order valence-corrected chi connectivity index (χ2v) is 9.64. The molecule has 3 heterocycles. The number of rotatable bonds is 6. The van der Waals surface area contributed by atoms with E-state index >= 15 is 0 Å². The lowest BCUT2D eigenvalue weighted by Gasteiger charge is -2.24. The van der Waals surface area contributed by atoms with Gasteiger partial charge in [0.25, 0.3) is 11.8 Å². The van der Waals surface area contributed by atoms with Crippen molar-refractivity contribution in [2.75, 3.05) is 32.1 Å². The largest absolute Gasteiger partial charge is 0.573 e. The van der Waals surface area contributed by atoms with Gasteiger partial charge < -0.3 is 28.8 Å². The van der Waals surface area contributed by atoms with Crippen LogP contribution in [-0.2, 0) is 0 Å². The fourth-order valence-electron chi connectivity index (χ4n) is 4.19. The smallest absolute Gasteiger partial charge is 0.486 e. The number of hydrogen-bond donors (Lipinski definition) is 1. The molecule has 13 heteroatoms. The monoisotopic (exact) mass is 549 g/mol. The number of fused-ring (bicyclic) bond motifs is 1. The zero-order valence-corrected chi connectivity index (χ0v) is 20.9. The summed E-state index contributed by atoms with van der Waals surface area (Å²) in [6.45, 7) is 2.82. The van der Waals surface area contributed by atoms with Gasteiger partial charge in [-0.3, -0.25) is 9.59 Å². The van der Waals surface area contributed by atoms with Crippen molar-refractivity contribution in [3.8, 4) is 28.6 Å². The summed E-state index contributed by atoms with van der Waals surface area (Å²) in [4.78, 5) is 32.2. The predicted molar refractivity (Wildman–Crippen MR) is 130 cm³/mol. The highest BCUT2D eigenvalue weighted by Crippen LogP contribution is 2.35. The third kappa shape index (κ3) is 5.52. The highest BCUT2D eigenvalue weighted by Gasteiger charge is 2.35. The number of oxazole rings is 1. The first-order valence-corrected chi connectivity index (χ1v) is 12.7. The van der Waals surface area contributed by atoms with Gasteiger partial charge in [0, 0.05) is 31.3 Å². The highest BCUT2D eigenvalue weighted by atomic mass is 32.2. The molecule has 5 rings (SSSR count). The molecule has 1 fully saturated rings. The Morgan fingerprint density at radius 1 is 1.18 bits per heavy atom. The lowest BCUT2D eigenvalue weighted by atomic mass is 10.1. The van der Waals surface area contributed by atoms with Crippen molar-refractivity contribution >= 4 is 23.6 Å². The molecule has 0 bridgehead atoms. The van der Waals surface area contributed by atoms with Crippen LogP contribution in [-0.4, -0.2) is 65.5 Å². The lowest BCUT2D eigenvalue weighted by Crippen LogP contribution is -2.42. The van der Waals surface area contributed by atoms with E-state index in [4.69, 9.17) is 13.9 Å². The Labute approximate surface area is 219 Å². The molecule has 2 amide bonds. The SMILES string of the molecule is Cc1nc(C(=O)N2CCSC2CNC(=O)c2cccc3c2OCCO3)c(-c2cccc(OC(F)(F)F)c2)o1. The van der Waals surface area contributed by atoms with E-state index in [-0.39, 0.29) is 35.4 Å². The van der Waals surface area contributed by atoms with Gasteiger partial charge in [0.05, 0.1) is 10.9 Å². The summed E-state index contributed by atoms with van der Waals surface area (Å²) in [5, 5.41) is 2.46. The Morgan fingerprint density at radius 2 is 1.97 bits per heavy atom. The Kier molecular flexibility index (Phi) is 7.11. The number of aryl methyl sites for hydroxylation is 1. The first-order chi connectivity index (χ1) is 18.2. The standard InChI is InChI=1S/C25H22F3N3O6S/c1-14-30-20(21(36-14)15-4-2-5-16(12-15)37-25(26,27)28)24(33)31-8-11-38-19(31)13-29-23(32)17-6-3-7-18-22(17)35-10-9-34-18/h2-7,12,19H,8-11,13H2,1H3,(H,29,32). The summed E-state index contributed by atoms with van der Waals surface area (Å²) < 4.78 is 58.8. The molecular formula is C25H22F3N3O6S. The zero-order chi connectivity index (χ0) is 26.9. The number of hydrogen-bond acceptors (Lipinski definition) is 8. The first-order valence-electron chi connectivity index (χ1n) is 11.6. The first kappa shape index (κ1) is 25.8. The molecular weight excluding hydrogens is 527 g/mol. The molecule has 38 heavy (non-hydrogen) atoms. The van der Waals surface area contributed by atoms with Gasteiger partial charge in [-0.15, -0.1) is 24.9 Å². The van der Waals surface area contributed by atoms with Crippen molar-refractivity contribution in [3.63, 3.8) is 0 Å². The second kappa shape index (κ2) is 10.5. The lowest BCUT2D eigenvalue weighted by molar-refractivity contribution is -0.274. The van der Waals surface area contributed by atoms with Gasteiger partial charge in [-0.2, -0.15) is 0 Å². The molecule has 200 valence electrons. The van der Waals surface area contributed by atoms with Gasteiger partial charge >= 0.3 is 6.36 Å². The normalized spacial score (nSPS) is 16.8. The predicted octanol–water partition coefficient (Wildman–Crippen LogP) is 4.26. The van der Waals surface area contributed by atoms with E-state index in [1.807, 2.05) is 0 Å². The minimum absolute atomic E-state index is 0.0341. The van der Waals surface area contributed by atoms with Crippen LogP contribution < -0.4 is 19.5 Å². The number of alkyl halides is 3. The number of carbonyl (C=O) groups excluding carboxylic acids is 2. The van der Waals surface area contributed by atoms with Crippen LogP contribution in [0.5, 0.6) is 17.2 Å². The topological polar surface area (TPSA) is 103 Å². The molecule has 2 aliphatic rings. The maximum absolute atomic E-state index is 13.5. The average Bonchev–Trinajstić information content (AvgIpc) is 3.52. The van der Waals surface area contributed by atoms with Gasteiger partial charge in [-0.05, 0) is 24.3 Å². The van der Waals surface area contributed by atoms with Gasteiger partial charge in [-0.25, -0.2) is 4.98 Å². The van der Waals surface area contributed by atoms with Gasteiger partial charge in [0.1, 0.15) is 19.0 Å². The fraction of sp³-hybridized carbons (Fsp3) is 0.320. The van der Waals surface area contributed by atoms with Crippen LogP contribution >= 0.6 is 11.8 Å². The molecule has 1 aromatic heterocycles. The summed E-state index contributed by atoms with van der Waals surface area (Å²) in [6, 6.07) is 10.2. The number of halogens is 3. The number of nitrogens with zero attached hydrogens (tertiary/aromatic N) is 2. The summed E-state index contributed by atoms with van der Waals surface area (Å²) >= 11 is 1.49. The van der Waals surface area contributed by atoms with E-state index in [1.165, 1.54) is 23.9 Å². The van der Waals surface area contributed by atoms with Crippen LogP contribution in [0.3, 0.4) is 0 Å². The van der Waals surface area contributed by atoms with Crippen LogP contribution in [0.1, 0.15) is 26.7 Å². The van der Waals surface area contributed by atoms with E-state index in [0.29, 0.717) is 42.6 Å². The number of benzene rings is 2. The van der Waals surface area contributed by atoms with E-state index in [2.05, 4.69) is 15.0 Å². The summed E-state index contributed by atoms with van der Waals surface area (Å²) in [6.07, 6.45) is -4.86. The van der Waals surface area contributed by atoms with Gasteiger partial charge in [0.15, 0.2) is 28.8 Å². The Morgan fingerprint density at radius 3 is 2.79 bits per heavy atom. The molecule has 0 aliphatic carbocycles. The van der Waals surface area contributed by atoms with Crippen molar-refractivity contribution in [2.24, 2.45) is 0 Å². The van der Waals surface area contributed by atoms with E-state index in [9.17, 15) is 22.8 Å². The molecule has 1 unspecified atom stereocenters. The Bertz CT molecular complexity index is 1360. The van der Waals surface area contributed by atoms with Crippen molar-refractivity contribution in [2.45, 2.75) is 18.7 Å². The number of amides is 2. The highest BCUT2D eigenvalue weighted by molar-refractivity contribution is 8.00. The maximum atomic E-state index is 13.5. The Hall–Kier alpha value is -3.87. The van der Waals surface area contributed by atoms with Crippen molar-refractivity contribution < 1.29 is 41.4 Å². The molecule has 0 spiro atoms. The van der Waals surface area contributed by atoms with Crippen LogP contribution in [0.15, 0.2) is 46.9 Å². The quantitative estimate of drug-likeness (QED) is 0.487.